The van der Waals surface area contributed by atoms with E-state index in [1.54, 1.807) is 6.92 Å². The zero-order valence-electron chi connectivity index (χ0n) is 11.4. The number of rotatable bonds is 7. The van der Waals surface area contributed by atoms with Crippen LogP contribution in [0.1, 0.15) is 58.3 Å². The van der Waals surface area contributed by atoms with E-state index in [2.05, 4.69) is 12.7 Å². The Labute approximate surface area is 110 Å². The van der Waals surface area contributed by atoms with E-state index in [1.807, 2.05) is 12.2 Å². The van der Waals surface area contributed by atoms with Crippen molar-refractivity contribution >= 4 is 11.6 Å². The molecule has 1 atom stereocenters. The second-order valence-electron chi connectivity index (χ2n) is 5.16. The van der Waals surface area contributed by atoms with Gasteiger partial charge in [0.25, 0.3) is 0 Å². The van der Waals surface area contributed by atoms with Gasteiger partial charge in [-0.1, -0.05) is 24.6 Å². The highest BCUT2D eigenvalue weighted by molar-refractivity contribution is 6.06. The van der Waals surface area contributed by atoms with Gasteiger partial charge in [0, 0.05) is 6.42 Å². The lowest BCUT2D eigenvalue weighted by Gasteiger charge is -2.32. The van der Waals surface area contributed by atoms with Crippen LogP contribution in [0.2, 0.25) is 0 Å². The van der Waals surface area contributed by atoms with Crippen molar-refractivity contribution in [1.82, 2.24) is 0 Å². The third-order valence-electron chi connectivity index (χ3n) is 3.88. The van der Waals surface area contributed by atoms with Crippen LogP contribution in [0.15, 0.2) is 24.8 Å². The zero-order valence-corrected chi connectivity index (χ0v) is 11.4. The molecule has 0 bridgehead atoms. The maximum Gasteiger partial charge on any atom is 0.146 e. The van der Waals surface area contributed by atoms with Crippen LogP contribution in [0.25, 0.3) is 0 Å². The summed E-state index contributed by atoms with van der Waals surface area (Å²) in [5, 5.41) is 0. The van der Waals surface area contributed by atoms with E-state index in [0.29, 0.717) is 12.8 Å². The van der Waals surface area contributed by atoms with Crippen LogP contribution < -0.4 is 0 Å². The minimum Gasteiger partial charge on any atom is -0.299 e. The minimum atomic E-state index is -0.701. The van der Waals surface area contributed by atoms with Crippen LogP contribution in [0.4, 0.5) is 0 Å². The van der Waals surface area contributed by atoms with E-state index in [-0.39, 0.29) is 11.6 Å². The number of Topliss-reactive ketones (excluding diaryl/α,β-unsaturated/α-hetero) is 2. The van der Waals surface area contributed by atoms with Gasteiger partial charge in [0.1, 0.15) is 11.6 Å². The van der Waals surface area contributed by atoms with Gasteiger partial charge in [-0.25, -0.2) is 0 Å². The molecule has 100 valence electrons. The van der Waals surface area contributed by atoms with Crippen molar-refractivity contribution in [3.8, 4) is 0 Å². The Hall–Kier alpha value is -1.18. The molecule has 1 saturated carbocycles. The van der Waals surface area contributed by atoms with E-state index in [0.717, 1.165) is 38.5 Å². The van der Waals surface area contributed by atoms with Gasteiger partial charge in [-0.15, -0.1) is 6.58 Å². The number of ketones is 2. The minimum absolute atomic E-state index is 0.0444. The lowest BCUT2D eigenvalue weighted by molar-refractivity contribution is -0.141. The number of carbonyl (C=O) groups is 2. The monoisotopic (exact) mass is 248 g/mol. The van der Waals surface area contributed by atoms with Gasteiger partial charge in [-0.05, 0) is 45.4 Å². The van der Waals surface area contributed by atoms with Gasteiger partial charge >= 0.3 is 0 Å². The quantitative estimate of drug-likeness (QED) is 0.387. The molecular weight excluding hydrogens is 224 g/mol. The summed E-state index contributed by atoms with van der Waals surface area (Å²) in [6.07, 6.45) is 13.0. The molecule has 0 heterocycles. The number of unbranched alkanes of at least 4 members (excludes halogenated alkanes) is 2. The fourth-order valence-corrected chi connectivity index (χ4v) is 2.61. The summed E-state index contributed by atoms with van der Waals surface area (Å²) in [5.74, 6) is 0.194. The molecule has 0 N–H and O–H groups in total. The van der Waals surface area contributed by atoms with Crippen molar-refractivity contribution in [2.75, 3.05) is 0 Å². The summed E-state index contributed by atoms with van der Waals surface area (Å²) in [6, 6.07) is 0. The second-order valence-corrected chi connectivity index (χ2v) is 5.16. The molecule has 1 fully saturated rings. The first kappa shape index (κ1) is 14.9. The summed E-state index contributed by atoms with van der Waals surface area (Å²) < 4.78 is 0. The van der Waals surface area contributed by atoms with Gasteiger partial charge < -0.3 is 0 Å². The molecule has 1 aliphatic rings. The fraction of sp³-hybridized carbons (Fsp3) is 0.625. The maximum absolute atomic E-state index is 12.1. The smallest absolute Gasteiger partial charge is 0.146 e. The second kappa shape index (κ2) is 7.30. The third kappa shape index (κ3) is 3.66. The number of allylic oxidation sites excluding steroid dienone is 3. The van der Waals surface area contributed by atoms with Gasteiger partial charge in [0.15, 0.2) is 0 Å². The number of carbonyl (C=O) groups excluding carboxylic acids is 2. The molecule has 0 aromatic carbocycles. The third-order valence-corrected chi connectivity index (χ3v) is 3.88. The van der Waals surface area contributed by atoms with Crippen molar-refractivity contribution in [2.45, 2.75) is 58.3 Å². The van der Waals surface area contributed by atoms with Crippen LogP contribution in [0.3, 0.4) is 0 Å². The predicted molar refractivity (Wildman–Crippen MR) is 74.4 cm³/mol. The molecule has 0 radical (unpaired) electrons. The first-order chi connectivity index (χ1) is 8.63. The molecule has 2 heteroatoms. The lowest BCUT2D eigenvalue weighted by Crippen LogP contribution is -2.40. The van der Waals surface area contributed by atoms with E-state index in [4.69, 9.17) is 0 Å². The maximum atomic E-state index is 12.1. The molecule has 0 saturated heterocycles. The standard InChI is InChI=1S/C16H24O2/c1-3-4-5-6-7-9-12-16(14(2)17)13-10-8-11-15(16)18/h3,7,9H,1,4-6,8,10-13H2,2H3. The summed E-state index contributed by atoms with van der Waals surface area (Å²) in [4.78, 5) is 23.9. The van der Waals surface area contributed by atoms with Crippen molar-refractivity contribution in [3.63, 3.8) is 0 Å². The van der Waals surface area contributed by atoms with E-state index < -0.39 is 5.41 Å². The van der Waals surface area contributed by atoms with Crippen LogP contribution in [0, 0.1) is 5.41 Å². The molecule has 0 aromatic heterocycles. The number of hydrogen-bond acceptors (Lipinski definition) is 2. The molecule has 0 spiro atoms. The molecule has 1 unspecified atom stereocenters. The lowest BCUT2D eigenvalue weighted by atomic mass is 9.68. The molecule has 1 aliphatic carbocycles. The average Bonchev–Trinajstić information content (AvgIpc) is 2.35. The molecule has 0 aliphatic heterocycles. The highest BCUT2D eigenvalue weighted by atomic mass is 16.2. The first-order valence-electron chi connectivity index (χ1n) is 6.94. The topological polar surface area (TPSA) is 34.1 Å². The summed E-state index contributed by atoms with van der Waals surface area (Å²) >= 11 is 0. The van der Waals surface area contributed by atoms with Crippen molar-refractivity contribution in [1.29, 1.82) is 0 Å². The van der Waals surface area contributed by atoms with Gasteiger partial charge in [0.2, 0.25) is 0 Å². The summed E-state index contributed by atoms with van der Waals surface area (Å²) in [7, 11) is 0. The average molecular weight is 248 g/mol. The normalized spacial score (nSPS) is 24.4. The largest absolute Gasteiger partial charge is 0.299 e. The Morgan fingerprint density at radius 2 is 2.11 bits per heavy atom. The van der Waals surface area contributed by atoms with E-state index in [9.17, 15) is 9.59 Å². The first-order valence-corrected chi connectivity index (χ1v) is 6.94. The Kier molecular flexibility index (Phi) is 6.03. The van der Waals surface area contributed by atoms with Crippen LogP contribution in [-0.2, 0) is 9.59 Å². The predicted octanol–water partition coefficient (Wildman–Crippen LogP) is 4.01. The van der Waals surface area contributed by atoms with Gasteiger partial charge in [0.05, 0.1) is 5.41 Å². The highest BCUT2D eigenvalue weighted by Crippen LogP contribution is 2.37. The van der Waals surface area contributed by atoms with Crippen LogP contribution in [-0.4, -0.2) is 11.6 Å². The van der Waals surface area contributed by atoms with Gasteiger partial charge in [-0.2, -0.15) is 0 Å². The molecule has 18 heavy (non-hydrogen) atoms. The highest BCUT2D eigenvalue weighted by Gasteiger charge is 2.42. The zero-order chi connectivity index (χ0) is 13.4. The van der Waals surface area contributed by atoms with E-state index >= 15 is 0 Å². The fourth-order valence-electron chi connectivity index (χ4n) is 2.61. The Morgan fingerprint density at radius 1 is 1.33 bits per heavy atom. The van der Waals surface area contributed by atoms with Crippen molar-refractivity contribution in [2.24, 2.45) is 5.41 Å². The molecule has 2 nitrogen and oxygen atoms in total. The van der Waals surface area contributed by atoms with Crippen molar-refractivity contribution in [3.05, 3.63) is 24.8 Å². The summed E-state index contributed by atoms with van der Waals surface area (Å²) in [5.41, 5.74) is -0.701. The van der Waals surface area contributed by atoms with E-state index in [1.165, 1.54) is 0 Å². The molecular formula is C16H24O2. The van der Waals surface area contributed by atoms with Crippen LogP contribution in [0.5, 0.6) is 0 Å². The van der Waals surface area contributed by atoms with Crippen molar-refractivity contribution < 1.29 is 9.59 Å². The molecule has 0 amide bonds. The Bertz CT molecular complexity index is 341. The summed E-state index contributed by atoms with van der Waals surface area (Å²) in [6.45, 7) is 5.25. The molecule has 0 aromatic rings. The molecule has 1 rings (SSSR count). The SMILES string of the molecule is C=CCCCC=CCC1(C(C)=O)CCCCC1=O. The Balaban J connectivity index is 2.55. The Morgan fingerprint density at radius 3 is 2.72 bits per heavy atom. The van der Waals surface area contributed by atoms with Gasteiger partial charge in [-0.3, -0.25) is 9.59 Å². The number of hydrogen-bond donors (Lipinski definition) is 0. The van der Waals surface area contributed by atoms with Crippen LogP contribution >= 0.6 is 0 Å².